The van der Waals surface area contributed by atoms with Crippen LogP contribution in [-0.2, 0) is 17.9 Å². The highest BCUT2D eigenvalue weighted by atomic mass is 35.5. The van der Waals surface area contributed by atoms with Gasteiger partial charge < -0.3 is 14.3 Å². The third-order valence-electron chi connectivity index (χ3n) is 3.09. The van der Waals surface area contributed by atoms with Crippen LogP contribution >= 0.6 is 11.6 Å². The van der Waals surface area contributed by atoms with Crippen LogP contribution in [0.3, 0.4) is 0 Å². The van der Waals surface area contributed by atoms with Crippen LogP contribution in [0.1, 0.15) is 11.3 Å². The van der Waals surface area contributed by atoms with E-state index in [-0.39, 0.29) is 11.6 Å². The van der Waals surface area contributed by atoms with Gasteiger partial charge in [-0.05, 0) is 36.9 Å². The molecular formula is C16H19ClFNO3. The predicted octanol–water partition coefficient (Wildman–Crippen LogP) is 3.08. The van der Waals surface area contributed by atoms with Gasteiger partial charge in [-0.15, -0.1) is 0 Å². The molecule has 0 amide bonds. The maximum absolute atomic E-state index is 13.4. The Morgan fingerprint density at radius 1 is 1.41 bits per heavy atom. The maximum atomic E-state index is 13.4. The van der Waals surface area contributed by atoms with Crippen LogP contribution in [0.2, 0.25) is 5.02 Å². The monoisotopic (exact) mass is 327 g/mol. The molecule has 1 aromatic carbocycles. The summed E-state index contributed by atoms with van der Waals surface area (Å²) in [5.74, 6) is 0.284. The number of nitrogens with zero attached hydrogens (tertiary/aromatic N) is 1. The van der Waals surface area contributed by atoms with Gasteiger partial charge in [0.15, 0.2) is 0 Å². The van der Waals surface area contributed by atoms with Gasteiger partial charge >= 0.3 is 0 Å². The van der Waals surface area contributed by atoms with Crippen molar-refractivity contribution in [1.82, 2.24) is 4.90 Å². The lowest BCUT2D eigenvalue weighted by atomic mass is 10.2. The third kappa shape index (κ3) is 5.42. The lowest BCUT2D eigenvalue weighted by molar-refractivity contribution is 0.00768. The molecule has 6 heteroatoms. The summed E-state index contributed by atoms with van der Waals surface area (Å²) in [6.07, 6.45) is 0.950. The van der Waals surface area contributed by atoms with Crippen LogP contribution in [0, 0.1) is 5.82 Å². The summed E-state index contributed by atoms with van der Waals surface area (Å²) in [5, 5.41) is 10.0. The van der Waals surface area contributed by atoms with Gasteiger partial charge in [0.2, 0.25) is 0 Å². The minimum Gasteiger partial charge on any atom is -0.467 e. The smallest absolute Gasteiger partial charge is 0.142 e. The minimum atomic E-state index is -0.628. The van der Waals surface area contributed by atoms with E-state index in [1.54, 1.807) is 18.4 Å². The number of aliphatic hydroxyl groups is 1. The Morgan fingerprint density at radius 2 is 2.23 bits per heavy atom. The van der Waals surface area contributed by atoms with E-state index in [9.17, 15) is 9.50 Å². The van der Waals surface area contributed by atoms with Gasteiger partial charge in [0.1, 0.15) is 18.2 Å². The summed E-state index contributed by atoms with van der Waals surface area (Å²) in [5.41, 5.74) is 0.799. The van der Waals surface area contributed by atoms with E-state index in [1.165, 1.54) is 12.1 Å². The molecule has 0 aliphatic heterocycles. The number of ether oxygens (including phenoxy) is 1. The van der Waals surface area contributed by atoms with Crippen LogP contribution in [-0.4, -0.2) is 36.3 Å². The largest absolute Gasteiger partial charge is 0.467 e. The quantitative estimate of drug-likeness (QED) is 0.809. The van der Waals surface area contributed by atoms with E-state index in [0.717, 1.165) is 11.3 Å². The number of benzene rings is 1. The molecule has 0 spiro atoms. The van der Waals surface area contributed by atoms with Crippen LogP contribution in [0.15, 0.2) is 41.0 Å². The van der Waals surface area contributed by atoms with Crippen molar-refractivity contribution in [2.75, 3.05) is 20.2 Å². The number of hydrogen-bond donors (Lipinski definition) is 1. The fourth-order valence-electron chi connectivity index (χ4n) is 2.12. The van der Waals surface area contributed by atoms with Gasteiger partial charge in [0.05, 0.1) is 24.0 Å². The number of rotatable bonds is 8. The molecule has 1 heterocycles. The second-order valence-corrected chi connectivity index (χ2v) is 5.60. The molecule has 4 nitrogen and oxygen atoms in total. The first-order valence-electron chi connectivity index (χ1n) is 6.95. The van der Waals surface area contributed by atoms with Crippen LogP contribution in [0.25, 0.3) is 0 Å². The molecule has 0 saturated heterocycles. The summed E-state index contributed by atoms with van der Waals surface area (Å²) in [7, 11) is 1.85. The highest BCUT2D eigenvalue weighted by molar-refractivity contribution is 6.30. The topological polar surface area (TPSA) is 45.8 Å². The van der Waals surface area contributed by atoms with Crippen molar-refractivity contribution in [2.45, 2.75) is 19.3 Å². The van der Waals surface area contributed by atoms with Crippen molar-refractivity contribution in [2.24, 2.45) is 0 Å². The summed E-state index contributed by atoms with van der Waals surface area (Å²) >= 11 is 5.65. The zero-order valence-corrected chi connectivity index (χ0v) is 13.1. The average Bonchev–Trinajstić information content (AvgIpc) is 2.96. The number of aliphatic hydroxyl groups excluding tert-OH is 1. The summed E-state index contributed by atoms with van der Waals surface area (Å²) in [6, 6.07) is 8.30. The molecule has 1 aromatic heterocycles. The normalized spacial score (nSPS) is 12.8. The molecule has 0 aliphatic rings. The van der Waals surface area contributed by atoms with Crippen molar-refractivity contribution in [3.8, 4) is 0 Å². The number of likely N-dealkylation sites (N-methyl/N-ethyl adjacent to an activating group) is 1. The Hall–Kier alpha value is -1.40. The van der Waals surface area contributed by atoms with Gasteiger partial charge in [0, 0.05) is 13.1 Å². The average molecular weight is 328 g/mol. The van der Waals surface area contributed by atoms with Crippen molar-refractivity contribution in [3.63, 3.8) is 0 Å². The SMILES string of the molecule is CN(Cc1ccc(Cl)c(F)c1)CC(O)COCc1ccco1. The van der Waals surface area contributed by atoms with Gasteiger partial charge in [-0.1, -0.05) is 17.7 Å². The van der Waals surface area contributed by atoms with E-state index < -0.39 is 11.9 Å². The van der Waals surface area contributed by atoms with Crippen molar-refractivity contribution >= 4 is 11.6 Å². The third-order valence-corrected chi connectivity index (χ3v) is 3.40. The first-order chi connectivity index (χ1) is 10.5. The summed E-state index contributed by atoms with van der Waals surface area (Å²) in [4.78, 5) is 1.89. The molecule has 1 N–H and O–H groups in total. The van der Waals surface area contributed by atoms with Crippen molar-refractivity contribution in [3.05, 3.63) is 58.8 Å². The summed E-state index contributed by atoms with van der Waals surface area (Å²) < 4.78 is 23.9. The van der Waals surface area contributed by atoms with Gasteiger partial charge in [-0.2, -0.15) is 0 Å². The highest BCUT2D eigenvalue weighted by Crippen LogP contribution is 2.16. The zero-order chi connectivity index (χ0) is 15.9. The zero-order valence-electron chi connectivity index (χ0n) is 12.3. The van der Waals surface area contributed by atoms with Crippen LogP contribution in [0.4, 0.5) is 4.39 Å². The molecule has 0 bridgehead atoms. The number of halogens is 2. The molecule has 2 aromatic rings. The standard InChI is InChI=1S/C16H19ClFNO3/c1-19(8-12-4-5-15(17)16(18)7-12)9-13(20)10-21-11-14-3-2-6-22-14/h2-7,13,20H,8-11H2,1H3. The number of hydrogen-bond acceptors (Lipinski definition) is 4. The fraction of sp³-hybridized carbons (Fsp3) is 0.375. The molecular weight excluding hydrogens is 309 g/mol. The van der Waals surface area contributed by atoms with Crippen LogP contribution < -0.4 is 0 Å². The lowest BCUT2D eigenvalue weighted by Gasteiger charge is -2.20. The van der Waals surface area contributed by atoms with Crippen molar-refractivity contribution in [1.29, 1.82) is 0 Å². The predicted molar refractivity (Wildman–Crippen MR) is 82.1 cm³/mol. The second-order valence-electron chi connectivity index (χ2n) is 5.19. The van der Waals surface area contributed by atoms with Gasteiger partial charge in [0.25, 0.3) is 0 Å². The van der Waals surface area contributed by atoms with Gasteiger partial charge in [-0.25, -0.2) is 4.39 Å². The highest BCUT2D eigenvalue weighted by Gasteiger charge is 2.10. The Balaban J connectivity index is 1.71. The van der Waals surface area contributed by atoms with Gasteiger partial charge in [-0.3, -0.25) is 4.90 Å². The second kappa shape index (κ2) is 8.29. The number of furan rings is 1. The van der Waals surface area contributed by atoms with E-state index in [1.807, 2.05) is 18.0 Å². The molecule has 2 rings (SSSR count). The molecule has 1 unspecified atom stereocenters. The van der Waals surface area contributed by atoms with Crippen molar-refractivity contribution < 1.29 is 18.7 Å². The van der Waals surface area contributed by atoms with E-state index in [0.29, 0.717) is 19.7 Å². The fourth-order valence-corrected chi connectivity index (χ4v) is 2.23. The first-order valence-corrected chi connectivity index (χ1v) is 7.33. The Labute approximate surface area is 134 Å². The molecule has 1 atom stereocenters. The maximum Gasteiger partial charge on any atom is 0.142 e. The Bertz CT molecular complexity index is 577. The van der Waals surface area contributed by atoms with E-state index >= 15 is 0 Å². The van der Waals surface area contributed by atoms with E-state index in [2.05, 4.69) is 0 Å². The Kier molecular flexibility index (Phi) is 6.39. The molecule has 0 radical (unpaired) electrons. The first kappa shape index (κ1) is 17.0. The Morgan fingerprint density at radius 3 is 2.91 bits per heavy atom. The lowest BCUT2D eigenvalue weighted by Crippen LogP contribution is -2.31. The molecule has 0 fully saturated rings. The molecule has 0 saturated carbocycles. The molecule has 0 aliphatic carbocycles. The molecule has 120 valence electrons. The van der Waals surface area contributed by atoms with Crippen LogP contribution in [0.5, 0.6) is 0 Å². The molecule has 22 heavy (non-hydrogen) atoms. The van der Waals surface area contributed by atoms with E-state index in [4.69, 9.17) is 20.8 Å². The summed E-state index contributed by atoms with van der Waals surface area (Å²) in [6.45, 7) is 1.47. The minimum absolute atomic E-state index is 0.109.